The summed E-state index contributed by atoms with van der Waals surface area (Å²) in [5, 5.41) is 0. The van der Waals surface area contributed by atoms with Gasteiger partial charge in [-0.05, 0) is 49.4 Å². The molecule has 3 nitrogen and oxygen atoms in total. The maximum Gasteiger partial charge on any atom is 0.243 e. The molecule has 0 amide bonds. The van der Waals surface area contributed by atoms with Crippen LogP contribution < -0.4 is 0 Å². The van der Waals surface area contributed by atoms with Crippen LogP contribution in [0.1, 0.15) is 18.4 Å². The predicted molar refractivity (Wildman–Crippen MR) is 73.3 cm³/mol. The number of aryl methyl sites for hydroxylation is 1. The Morgan fingerprint density at radius 3 is 2.84 bits per heavy atom. The summed E-state index contributed by atoms with van der Waals surface area (Å²) in [4.78, 5) is 0.195. The quantitative estimate of drug-likeness (QED) is 0.802. The topological polar surface area (TPSA) is 37.4 Å². The van der Waals surface area contributed by atoms with Gasteiger partial charge in [-0.3, -0.25) is 0 Å². The van der Waals surface area contributed by atoms with E-state index in [-0.39, 0.29) is 4.90 Å². The van der Waals surface area contributed by atoms with Crippen LogP contribution in [-0.4, -0.2) is 31.7 Å². The number of hydrogen-bond acceptors (Lipinski definition) is 2. The molecule has 106 valence electrons. The molecule has 1 aromatic carbocycles. The van der Waals surface area contributed by atoms with Crippen molar-refractivity contribution in [1.82, 2.24) is 4.31 Å². The number of benzene rings is 1. The highest BCUT2D eigenvalue weighted by Crippen LogP contribution is 2.28. The van der Waals surface area contributed by atoms with Gasteiger partial charge < -0.3 is 0 Å². The van der Waals surface area contributed by atoms with Gasteiger partial charge in [-0.2, -0.15) is 4.31 Å². The van der Waals surface area contributed by atoms with Crippen LogP contribution in [0.25, 0.3) is 0 Å². The zero-order chi connectivity index (χ0) is 14.0. The second-order valence-corrected chi connectivity index (χ2v) is 7.19. The van der Waals surface area contributed by atoms with Crippen molar-refractivity contribution in [1.29, 1.82) is 0 Å². The van der Waals surface area contributed by atoms with Crippen LogP contribution in [0.15, 0.2) is 23.1 Å². The van der Waals surface area contributed by atoms with Gasteiger partial charge in [0.1, 0.15) is 5.82 Å². The second kappa shape index (κ2) is 5.77. The zero-order valence-corrected chi connectivity index (χ0v) is 12.3. The largest absolute Gasteiger partial charge is 0.243 e. The molecule has 0 aliphatic carbocycles. The molecule has 0 bridgehead atoms. The SMILES string of the molecule is Cc1cc(F)ccc1S(=O)(=O)N1CCC(CCCl)C1. The van der Waals surface area contributed by atoms with Gasteiger partial charge in [0.15, 0.2) is 0 Å². The Kier molecular flexibility index (Phi) is 4.48. The van der Waals surface area contributed by atoms with E-state index in [9.17, 15) is 12.8 Å². The lowest BCUT2D eigenvalue weighted by Crippen LogP contribution is -2.29. The minimum absolute atomic E-state index is 0.195. The van der Waals surface area contributed by atoms with Crippen LogP contribution in [-0.2, 0) is 10.0 Å². The number of hydrogen-bond donors (Lipinski definition) is 0. The van der Waals surface area contributed by atoms with E-state index in [4.69, 9.17) is 11.6 Å². The fraction of sp³-hybridized carbons (Fsp3) is 0.538. The normalized spacial score (nSPS) is 20.9. The van der Waals surface area contributed by atoms with Crippen LogP contribution in [0, 0.1) is 18.7 Å². The van der Waals surface area contributed by atoms with E-state index in [1.807, 2.05) is 0 Å². The zero-order valence-electron chi connectivity index (χ0n) is 10.8. The first kappa shape index (κ1) is 14.8. The van der Waals surface area contributed by atoms with Crippen LogP contribution in [0.5, 0.6) is 0 Å². The van der Waals surface area contributed by atoms with Gasteiger partial charge in [-0.15, -0.1) is 11.6 Å². The number of halogens is 2. The molecule has 1 unspecified atom stereocenters. The van der Waals surface area contributed by atoms with Crippen molar-refractivity contribution in [3.8, 4) is 0 Å². The van der Waals surface area contributed by atoms with Crippen molar-refractivity contribution in [3.05, 3.63) is 29.6 Å². The average Bonchev–Trinajstić information content (AvgIpc) is 2.78. The first-order chi connectivity index (χ1) is 8.95. The average molecular weight is 306 g/mol. The standard InChI is InChI=1S/C13H17ClFNO2S/c1-10-8-12(15)2-3-13(10)19(17,18)16-7-5-11(9-16)4-6-14/h2-3,8,11H,4-7,9H2,1H3. The van der Waals surface area contributed by atoms with E-state index in [2.05, 4.69) is 0 Å². The summed E-state index contributed by atoms with van der Waals surface area (Å²) in [5.41, 5.74) is 0.445. The van der Waals surface area contributed by atoms with Crippen molar-refractivity contribution >= 4 is 21.6 Å². The smallest absolute Gasteiger partial charge is 0.207 e. The molecular formula is C13H17ClFNO2S. The summed E-state index contributed by atoms with van der Waals surface area (Å²) >= 11 is 5.69. The molecule has 0 spiro atoms. The van der Waals surface area contributed by atoms with Crippen LogP contribution in [0.4, 0.5) is 4.39 Å². The summed E-state index contributed by atoms with van der Waals surface area (Å²) in [5.74, 6) is 0.458. The van der Waals surface area contributed by atoms with Gasteiger partial charge in [0, 0.05) is 19.0 Å². The molecule has 0 aromatic heterocycles. The monoisotopic (exact) mass is 305 g/mol. The number of rotatable bonds is 4. The number of sulfonamides is 1. The minimum Gasteiger partial charge on any atom is -0.207 e. The summed E-state index contributed by atoms with van der Waals surface area (Å²) in [6, 6.07) is 3.78. The van der Waals surface area contributed by atoms with Crippen LogP contribution >= 0.6 is 11.6 Å². The molecule has 1 aliphatic rings. The van der Waals surface area contributed by atoms with Crippen molar-refractivity contribution < 1.29 is 12.8 Å². The third kappa shape index (κ3) is 3.09. The Labute approximate surface area is 118 Å². The van der Waals surface area contributed by atoms with Crippen LogP contribution in [0.2, 0.25) is 0 Å². The molecular weight excluding hydrogens is 289 g/mol. The molecule has 0 saturated carbocycles. The highest BCUT2D eigenvalue weighted by Gasteiger charge is 2.32. The molecule has 1 heterocycles. The highest BCUT2D eigenvalue weighted by atomic mass is 35.5. The van der Waals surface area contributed by atoms with Crippen molar-refractivity contribution in [2.24, 2.45) is 5.92 Å². The van der Waals surface area contributed by atoms with E-state index < -0.39 is 15.8 Å². The molecule has 1 fully saturated rings. The molecule has 1 atom stereocenters. The Balaban J connectivity index is 2.23. The van der Waals surface area contributed by atoms with E-state index in [0.29, 0.717) is 30.5 Å². The lowest BCUT2D eigenvalue weighted by molar-refractivity contribution is 0.453. The molecule has 0 radical (unpaired) electrons. The number of alkyl halides is 1. The van der Waals surface area contributed by atoms with Gasteiger partial charge in [0.05, 0.1) is 4.90 Å². The molecule has 1 aliphatic heterocycles. The van der Waals surface area contributed by atoms with Gasteiger partial charge in [-0.25, -0.2) is 12.8 Å². The molecule has 19 heavy (non-hydrogen) atoms. The Bertz CT molecular complexity index is 562. The van der Waals surface area contributed by atoms with Crippen LogP contribution in [0.3, 0.4) is 0 Å². The number of nitrogens with zero attached hydrogens (tertiary/aromatic N) is 1. The maximum atomic E-state index is 13.1. The molecule has 0 N–H and O–H groups in total. The van der Waals surface area contributed by atoms with Gasteiger partial charge in [0.2, 0.25) is 10.0 Å². The minimum atomic E-state index is -3.51. The Hall–Kier alpha value is -0.650. The first-order valence-corrected chi connectivity index (χ1v) is 8.25. The Morgan fingerprint density at radius 2 is 2.21 bits per heavy atom. The van der Waals surface area contributed by atoms with Crippen molar-refractivity contribution in [2.45, 2.75) is 24.7 Å². The van der Waals surface area contributed by atoms with Crippen molar-refractivity contribution in [3.63, 3.8) is 0 Å². The lowest BCUT2D eigenvalue weighted by Gasteiger charge is -2.18. The molecule has 1 saturated heterocycles. The van der Waals surface area contributed by atoms with Gasteiger partial charge >= 0.3 is 0 Å². The van der Waals surface area contributed by atoms with Gasteiger partial charge in [-0.1, -0.05) is 0 Å². The summed E-state index contributed by atoms with van der Waals surface area (Å²) < 4.78 is 39.5. The third-order valence-electron chi connectivity index (χ3n) is 3.52. The van der Waals surface area contributed by atoms with Crippen molar-refractivity contribution in [2.75, 3.05) is 19.0 Å². The first-order valence-electron chi connectivity index (χ1n) is 6.27. The molecule has 1 aromatic rings. The Morgan fingerprint density at radius 1 is 1.47 bits per heavy atom. The van der Waals surface area contributed by atoms with Gasteiger partial charge in [0.25, 0.3) is 0 Å². The fourth-order valence-corrected chi connectivity index (χ4v) is 4.49. The lowest BCUT2D eigenvalue weighted by atomic mass is 10.1. The maximum absolute atomic E-state index is 13.1. The second-order valence-electron chi connectivity index (χ2n) is 4.91. The fourth-order valence-electron chi connectivity index (χ4n) is 2.45. The summed E-state index contributed by atoms with van der Waals surface area (Å²) in [6.45, 7) is 2.63. The van der Waals surface area contributed by atoms with E-state index in [1.54, 1.807) is 6.92 Å². The molecule has 2 rings (SSSR count). The van der Waals surface area contributed by atoms with E-state index in [1.165, 1.54) is 22.5 Å². The summed E-state index contributed by atoms with van der Waals surface area (Å²) in [7, 11) is -3.51. The van der Waals surface area contributed by atoms with E-state index >= 15 is 0 Å². The molecule has 6 heteroatoms. The summed E-state index contributed by atoms with van der Waals surface area (Å²) in [6.07, 6.45) is 1.67. The third-order valence-corrected chi connectivity index (χ3v) is 5.76. The predicted octanol–water partition coefficient (Wildman–Crippen LogP) is 2.77. The highest BCUT2D eigenvalue weighted by molar-refractivity contribution is 7.89. The van der Waals surface area contributed by atoms with E-state index in [0.717, 1.165) is 12.8 Å².